The number of carbonyl (C=O) groups excluding carboxylic acids is 2. The second-order valence-electron chi connectivity index (χ2n) is 9.09. The molecule has 2 saturated carbocycles. The van der Waals surface area contributed by atoms with E-state index < -0.39 is 0 Å². The predicted molar refractivity (Wildman–Crippen MR) is 113 cm³/mol. The number of carbonyl (C=O) groups is 2. The van der Waals surface area contributed by atoms with E-state index in [-0.39, 0.29) is 36.3 Å². The average Bonchev–Trinajstić information content (AvgIpc) is 3.57. The van der Waals surface area contributed by atoms with Gasteiger partial charge in [-0.2, -0.15) is 5.26 Å². The fourth-order valence-electron chi connectivity index (χ4n) is 5.00. The molecule has 0 bridgehead atoms. The standard InChI is InChI=1S/C23H27N5O3/c1-26-19-11-15(14-2-3-14)10-16(12-24)21(19)25-22(26)23(31)27-8-9-28(20(30)13-27)17-4-6-18(29)7-5-17/h10-11,14,17-18,29H,2-9,13H2,1H3/t17-,18-. The van der Waals surface area contributed by atoms with E-state index in [1.165, 1.54) is 0 Å². The molecule has 1 aromatic heterocycles. The van der Waals surface area contributed by atoms with E-state index in [2.05, 4.69) is 11.1 Å². The van der Waals surface area contributed by atoms with Crippen LogP contribution >= 0.6 is 0 Å². The van der Waals surface area contributed by atoms with E-state index in [9.17, 15) is 20.0 Å². The van der Waals surface area contributed by atoms with E-state index in [0.29, 0.717) is 30.1 Å². The summed E-state index contributed by atoms with van der Waals surface area (Å²) in [5.74, 6) is 0.440. The largest absolute Gasteiger partial charge is 0.393 e. The van der Waals surface area contributed by atoms with Crippen LogP contribution in [0.4, 0.5) is 0 Å². The molecule has 0 spiro atoms. The Morgan fingerprint density at radius 1 is 1.16 bits per heavy atom. The topological polar surface area (TPSA) is 102 Å². The monoisotopic (exact) mass is 421 g/mol. The molecule has 1 aromatic carbocycles. The van der Waals surface area contributed by atoms with Gasteiger partial charge in [0.15, 0.2) is 5.82 Å². The zero-order chi connectivity index (χ0) is 21.7. The number of hydrogen-bond acceptors (Lipinski definition) is 5. The van der Waals surface area contributed by atoms with Gasteiger partial charge in [0.2, 0.25) is 5.91 Å². The number of imidazole rings is 1. The molecule has 8 nitrogen and oxygen atoms in total. The van der Waals surface area contributed by atoms with Crippen molar-refractivity contribution in [3.8, 4) is 6.07 Å². The van der Waals surface area contributed by atoms with Gasteiger partial charge in [-0.1, -0.05) is 0 Å². The van der Waals surface area contributed by atoms with Crippen molar-refractivity contribution in [2.75, 3.05) is 19.6 Å². The molecule has 2 amide bonds. The lowest BCUT2D eigenvalue weighted by Gasteiger charge is -2.41. The maximum atomic E-state index is 13.2. The highest BCUT2D eigenvalue weighted by Gasteiger charge is 2.35. The van der Waals surface area contributed by atoms with Gasteiger partial charge in [-0.05, 0) is 62.1 Å². The molecule has 5 rings (SSSR count). The minimum atomic E-state index is -0.275. The Morgan fingerprint density at radius 2 is 1.90 bits per heavy atom. The highest BCUT2D eigenvalue weighted by molar-refractivity contribution is 5.98. The highest BCUT2D eigenvalue weighted by Crippen LogP contribution is 2.41. The lowest BCUT2D eigenvalue weighted by Crippen LogP contribution is -2.56. The first-order valence-electron chi connectivity index (χ1n) is 11.1. The van der Waals surface area contributed by atoms with E-state index in [4.69, 9.17) is 0 Å². The number of nitriles is 1. The quantitative estimate of drug-likeness (QED) is 0.816. The summed E-state index contributed by atoms with van der Waals surface area (Å²) >= 11 is 0. The van der Waals surface area contributed by atoms with Crippen molar-refractivity contribution >= 4 is 22.8 Å². The summed E-state index contributed by atoms with van der Waals surface area (Å²) in [6.45, 7) is 1.01. The fraction of sp³-hybridized carbons (Fsp3) is 0.565. The zero-order valence-electron chi connectivity index (χ0n) is 17.8. The molecule has 0 radical (unpaired) electrons. The molecule has 2 heterocycles. The zero-order valence-corrected chi connectivity index (χ0v) is 17.8. The minimum Gasteiger partial charge on any atom is -0.393 e. The summed E-state index contributed by atoms with van der Waals surface area (Å²) in [5, 5.41) is 19.3. The third-order valence-electron chi connectivity index (χ3n) is 7.02. The van der Waals surface area contributed by atoms with Crippen molar-refractivity contribution in [1.82, 2.24) is 19.4 Å². The van der Waals surface area contributed by atoms with Crippen LogP contribution in [0.25, 0.3) is 11.0 Å². The maximum Gasteiger partial charge on any atom is 0.290 e. The van der Waals surface area contributed by atoms with Crippen LogP contribution in [0.1, 0.15) is 66.2 Å². The summed E-state index contributed by atoms with van der Waals surface area (Å²) in [7, 11) is 1.80. The molecule has 2 aromatic rings. The van der Waals surface area contributed by atoms with Gasteiger partial charge < -0.3 is 19.5 Å². The molecule has 8 heteroatoms. The summed E-state index contributed by atoms with van der Waals surface area (Å²) < 4.78 is 1.75. The van der Waals surface area contributed by atoms with Crippen molar-refractivity contribution in [1.29, 1.82) is 5.26 Å². The summed E-state index contributed by atoms with van der Waals surface area (Å²) in [5.41, 5.74) is 2.96. The molecule has 3 fully saturated rings. The highest BCUT2D eigenvalue weighted by atomic mass is 16.3. The first-order valence-corrected chi connectivity index (χ1v) is 11.1. The molecule has 1 N–H and O–H groups in total. The van der Waals surface area contributed by atoms with Gasteiger partial charge in [-0.3, -0.25) is 9.59 Å². The Morgan fingerprint density at radius 3 is 2.55 bits per heavy atom. The van der Waals surface area contributed by atoms with Crippen molar-refractivity contribution in [2.24, 2.45) is 7.05 Å². The van der Waals surface area contributed by atoms with Crippen molar-refractivity contribution in [3.63, 3.8) is 0 Å². The van der Waals surface area contributed by atoms with Gasteiger partial charge in [0.25, 0.3) is 5.91 Å². The summed E-state index contributed by atoms with van der Waals surface area (Å²) in [4.78, 5) is 34.0. The number of aromatic nitrogens is 2. The molecule has 2 aliphatic carbocycles. The number of amides is 2. The summed E-state index contributed by atoms with van der Waals surface area (Å²) in [6.07, 6.45) is 5.07. The molecule has 1 aliphatic heterocycles. The molecular formula is C23H27N5O3. The van der Waals surface area contributed by atoms with E-state index in [1.54, 1.807) is 16.5 Å². The second-order valence-corrected chi connectivity index (χ2v) is 9.09. The molecule has 0 unspecified atom stereocenters. The van der Waals surface area contributed by atoms with Crippen molar-refractivity contribution in [2.45, 2.75) is 56.6 Å². The molecule has 3 aliphatic rings. The number of nitrogens with zero attached hydrogens (tertiary/aromatic N) is 5. The first-order chi connectivity index (χ1) is 15.0. The number of aliphatic hydroxyl groups is 1. The third-order valence-corrected chi connectivity index (χ3v) is 7.02. The lowest BCUT2D eigenvalue weighted by molar-refractivity contribution is -0.138. The number of rotatable bonds is 3. The Labute approximate surface area is 181 Å². The SMILES string of the molecule is Cn1c(C(=O)N2CCN([C@H]3CC[C@H](O)CC3)C(=O)C2)nc2c(C#N)cc(C3CC3)cc21. The third kappa shape index (κ3) is 3.57. The number of piperazine rings is 1. The predicted octanol–water partition coefficient (Wildman–Crippen LogP) is 1.91. The minimum absolute atomic E-state index is 0.0412. The first kappa shape index (κ1) is 20.0. The Balaban J connectivity index is 1.36. The smallest absolute Gasteiger partial charge is 0.290 e. The van der Waals surface area contributed by atoms with E-state index in [0.717, 1.165) is 49.6 Å². The van der Waals surface area contributed by atoms with Crippen LogP contribution < -0.4 is 0 Å². The van der Waals surface area contributed by atoms with Crippen molar-refractivity contribution in [3.05, 3.63) is 29.1 Å². The van der Waals surface area contributed by atoms with Gasteiger partial charge in [-0.15, -0.1) is 0 Å². The van der Waals surface area contributed by atoms with Crippen LogP contribution in [0.15, 0.2) is 12.1 Å². The molecule has 31 heavy (non-hydrogen) atoms. The number of benzene rings is 1. The molecule has 162 valence electrons. The van der Waals surface area contributed by atoms with Crippen LogP contribution in [0.3, 0.4) is 0 Å². The fourth-order valence-corrected chi connectivity index (χ4v) is 5.00. The Bertz CT molecular complexity index is 1090. The van der Waals surface area contributed by atoms with Crippen LogP contribution in [-0.2, 0) is 11.8 Å². The average molecular weight is 422 g/mol. The van der Waals surface area contributed by atoms with Gasteiger partial charge in [-0.25, -0.2) is 4.98 Å². The maximum absolute atomic E-state index is 13.2. The van der Waals surface area contributed by atoms with Gasteiger partial charge in [0.1, 0.15) is 18.1 Å². The Hall–Kier alpha value is -2.92. The normalized spacial score (nSPS) is 24.5. The Kier molecular flexibility index (Phi) is 4.94. The number of aryl methyl sites for hydroxylation is 1. The van der Waals surface area contributed by atoms with Crippen LogP contribution in [0, 0.1) is 11.3 Å². The van der Waals surface area contributed by atoms with Gasteiger partial charge in [0.05, 0.1) is 17.2 Å². The van der Waals surface area contributed by atoms with E-state index >= 15 is 0 Å². The number of aliphatic hydroxyl groups excluding tert-OH is 1. The summed E-state index contributed by atoms with van der Waals surface area (Å²) in [6, 6.07) is 6.31. The van der Waals surface area contributed by atoms with Crippen LogP contribution in [-0.4, -0.2) is 68.1 Å². The lowest BCUT2D eigenvalue weighted by atomic mass is 9.91. The number of hydrogen-bond donors (Lipinski definition) is 1. The molecule has 0 atom stereocenters. The van der Waals surface area contributed by atoms with E-state index in [1.807, 2.05) is 17.0 Å². The molecular weight excluding hydrogens is 394 g/mol. The molecule has 1 saturated heterocycles. The van der Waals surface area contributed by atoms with Crippen LogP contribution in [0.5, 0.6) is 0 Å². The van der Waals surface area contributed by atoms with Gasteiger partial charge in [0, 0.05) is 26.2 Å². The second kappa shape index (κ2) is 7.65. The number of fused-ring (bicyclic) bond motifs is 1. The van der Waals surface area contributed by atoms with Crippen LogP contribution in [0.2, 0.25) is 0 Å². The van der Waals surface area contributed by atoms with Gasteiger partial charge >= 0.3 is 0 Å². The van der Waals surface area contributed by atoms with Crippen molar-refractivity contribution < 1.29 is 14.7 Å².